The molecule has 0 saturated heterocycles. The molecule has 0 radical (unpaired) electrons. The first kappa shape index (κ1) is 5.67. The van der Waals surface area contributed by atoms with Gasteiger partial charge < -0.3 is 5.32 Å². The standard InChI is InChI=1S/C7H13N/c1-7-5-3-2-4-6-8-7/h4,6-8H,2-3,5H2,1H3. The Morgan fingerprint density at radius 1 is 1.62 bits per heavy atom. The summed E-state index contributed by atoms with van der Waals surface area (Å²) in [6.45, 7) is 2.22. The molecule has 1 atom stereocenters. The van der Waals surface area contributed by atoms with Crippen LogP contribution in [0, 0.1) is 0 Å². The highest BCUT2D eigenvalue weighted by Crippen LogP contribution is 2.04. The molecule has 0 saturated carbocycles. The summed E-state index contributed by atoms with van der Waals surface area (Å²) in [6.07, 6.45) is 8.16. The van der Waals surface area contributed by atoms with Crippen molar-refractivity contribution in [1.82, 2.24) is 5.32 Å². The van der Waals surface area contributed by atoms with Crippen molar-refractivity contribution >= 4 is 0 Å². The Balaban J connectivity index is 2.30. The number of hydrogen-bond acceptors (Lipinski definition) is 1. The van der Waals surface area contributed by atoms with E-state index in [0.29, 0.717) is 6.04 Å². The lowest BCUT2D eigenvalue weighted by molar-refractivity contribution is 0.581. The normalized spacial score (nSPS) is 28.9. The van der Waals surface area contributed by atoms with Gasteiger partial charge in [0.1, 0.15) is 0 Å². The van der Waals surface area contributed by atoms with Gasteiger partial charge >= 0.3 is 0 Å². The van der Waals surface area contributed by atoms with Crippen molar-refractivity contribution in [2.24, 2.45) is 0 Å². The smallest absolute Gasteiger partial charge is 0.0227 e. The number of nitrogens with one attached hydrogen (secondary N) is 1. The summed E-state index contributed by atoms with van der Waals surface area (Å²) >= 11 is 0. The molecule has 46 valence electrons. The Kier molecular flexibility index (Phi) is 1.95. The third-order valence-corrected chi connectivity index (χ3v) is 1.51. The minimum atomic E-state index is 0.689. The predicted molar refractivity (Wildman–Crippen MR) is 35.6 cm³/mol. The molecule has 0 amide bonds. The van der Waals surface area contributed by atoms with Crippen LogP contribution < -0.4 is 5.32 Å². The van der Waals surface area contributed by atoms with E-state index in [9.17, 15) is 0 Å². The maximum Gasteiger partial charge on any atom is 0.0227 e. The fourth-order valence-corrected chi connectivity index (χ4v) is 0.941. The molecular weight excluding hydrogens is 98.1 g/mol. The summed E-state index contributed by atoms with van der Waals surface area (Å²) in [4.78, 5) is 0. The molecule has 1 nitrogen and oxygen atoms in total. The summed E-state index contributed by atoms with van der Waals surface area (Å²) in [6, 6.07) is 0.689. The van der Waals surface area contributed by atoms with E-state index in [2.05, 4.69) is 24.5 Å². The summed E-state index contributed by atoms with van der Waals surface area (Å²) in [5.41, 5.74) is 0. The van der Waals surface area contributed by atoms with Gasteiger partial charge in [-0.1, -0.05) is 6.08 Å². The maximum atomic E-state index is 3.26. The van der Waals surface area contributed by atoms with Crippen LogP contribution in [0.15, 0.2) is 12.3 Å². The molecule has 1 aliphatic rings. The van der Waals surface area contributed by atoms with Crippen LogP contribution in [0.1, 0.15) is 26.2 Å². The van der Waals surface area contributed by atoms with Crippen LogP contribution in [-0.2, 0) is 0 Å². The second kappa shape index (κ2) is 2.75. The highest BCUT2D eigenvalue weighted by Gasteiger charge is 1.98. The lowest BCUT2D eigenvalue weighted by atomic mass is 10.2. The summed E-state index contributed by atoms with van der Waals surface area (Å²) in [5.74, 6) is 0. The Hall–Kier alpha value is -0.460. The van der Waals surface area contributed by atoms with Gasteiger partial charge in [-0.15, -0.1) is 0 Å². The highest BCUT2D eigenvalue weighted by molar-refractivity contribution is 4.85. The molecular formula is C7H13N. The minimum Gasteiger partial charge on any atom is -0.389 e. The Morgan fingerprint density at radius 2 is 2.50 bits per heavy atom. The van der Waals surface area contributed by atoms with E-state index in [1.165, 1.54) is 19.3 Å². The van der Waals surface area contributed by atoms with Gasteiger partial charge in [-0.3, -0.25) is 0 Å². The summed E-state index contributed by atoms with van der Waals surface area (Å²) in [7, 11) is 0. The number of allylic oxidation sites excluding steroid dienone is 1. The molecule has 1 heterocycles. The van der Waals surface area contributed by atoms with Gasteiger partial charge in [0.05, 0.1) is 0 Å². The van der Waals surface area contributed by atoms with E-state index < -0.39 is 0 Å². The third kappa shape index (κ3) is 1.57. The van der Waals surface area contributed by atoms with Crippen LogP contribution in [0.3, 0.4) is 0 Å². The number of rotatable bonds is 0. The van der Waals surface area contributed by atoms with Crippen molar-refractivity contribution in [2.75, 3.05) is 0 Å². The Bertz CT molecular complexity index is 86.4. The van der Waals surface area contributed by atoms with Crippen molar-refractivity contribution in [2.45, 2.75) is 32.2 Å². The molecule has 0 aromatic heterocycles. The quantitative estimate of drug-likeness (QED) is 0.501. The van der Waals surface area contributed by atoms with Gasteiger partial charge in [-0.05, 0) is 32.4 Å². The van der Waals surface area contributed by atoms with Crippen molar-refractivity contribution in [1.29, 1.82) is 0 Å². The van der Waals surface area contributed by atoms with Crippen LogP contribution in [0.4, 0.5) is 0 Å². The first-order chi connectivity index (χ1) is 3.89. The maximum absolute atomic E-state index is 3.26. The molecule has 0 spiro atoms. The molecule has 1 unspecified atom stereocenters. The average Bonchev–Trinajstić information content (AvgIpc) is 1.94. The van der Waals surface area contributed by atoms with Gasteiger partial charge in [0.15, 0.2) is 0 Å². The molecule has 1 N–H and O–H groups in total. The Morgan fingerprint density at radius 3 is 3.38 bits per heavy atom. The zero-order valence-corrected chi connectivity index (χ0v) is 5.35. The average molecular weight is 111 g/mol. The molecule has 0 bridgehead atoms. The molecule has 0 aliphatic carbocycles. The van der Waals surface area contributed by atoms with Crippen LogP contribution in [0.25, 0.3) is 0 Å². The minimum absolute atomic E-state index is 0.689. The number of hydrogen-bond donors (Lipinski definition) is 1. The second-order valence-corrected chi connectivity index (χ2v) is 2.40. The van der Waals surface area contributed by atoms with Crippen molar-refractivity contribution in [3.8, 4) is 0 Å². The van der Waals surface area contributed by atoms with E-state index >= 15 is 0 Å². The monoisotopic (exact) mass is 111 g/mol. The largest absolute Gasteiger partial charge is 0.389 e. The van der Waals surface area contributed by atoms with Crippen molar-refractivity contribution in [3.05, 3.63) is 12.3 Å². The first-order valence-corrected chi connectivity index (χ1v) is 3.30. The fraction of sp³-hybridized carbons (Fsp3) is 0.714. The van der Waals surface area contributed by atoms with Crippen LogP contribution in [0.2, 0.25) is 0 Å². The molecule has 8 heavy (non-hydrogen) atoms. The van der Waals surface area contributed by atoms with E-state index in [1.54, 1.807) is 0 Å². The van der Waals surface area contributed by atoms with Crippen LogP contribution >= 0.6 is 0 Å². The van der Waals surface area contributed by atoms with Gasteiger partial charge in [0.25, 0.3) is 0 Å². The van der Waals surface area contributed by atoms with Gasteiger partial charge in [-0.25, -0.2) is 0 Å². The SMILES string of the molecule is CC1CCCC=CN1. The van der Waals surface area contributed by atoms with Crippen molar-refractivity contribution < 1.29 is 0 Å². The molecule has 1 aliphatic heterocycles. The first-order valence-electron chi connectivity index (χ1n) is 3.30. The molecule has 1 rings (SSSR count). The second-order valence-electron chi connectivity index (χ2n) is 2.40. The van der Waals surface area contributed by atoms with Crippen LogP contribution in [0.5, 0.6) is 0 Å². The zero-order chi connectivity index (χ0) is 5.82. The highest BCUT2D eigenvalue weighted by atomic mass is 14.9. The van der Waals surface area contributed by atoms with E-state index in [-0.39, 0.29) is 0 Å². The van der Waals surface area contributed by atoms with E-state index in [1.807, 2.05) is 0 Å². The fourth-order valence-electron chi connectivity index (χ4n) is 0.941. The summed E-state index contributed by atoms with van der Waals surface area (Å²) in [5, 5.41) is 3.26. The van der Waals surface area contributed by atoms with Gasteiger partial charge in [0.2, 0.25) is 0 Å². The molecule has 1 heteroatoms. The Labute approximate surface area is 50.8 Å². The summed E-state index contributed by atoms with van der Waals surface area (Å²) < 4.78 is 0. The van der Waals surface area contributed by atoms with Gasteiger partial charge in [-0.2, -0.15) is 0 Å². The third-order valence-electron chi connectivity index (χ3n) is 1.51. The van der Waals surface area contributed by atoms with E-state index in [4.69, 9.17) is 0 Å². The van der Waals surface area contributed by atoms with Crippen molar-refractivity contribution in [3.63, 3.8) is 0 Å². The lowest BCUT2D eigenvalue weighted by Gasteiger charge is -2.06. The predicted octanol–water partition coefficient (Wildman–Crippen LogP) is 1.66. The zero-order valence-electron chi connectivity index (χ0n) is 5.35. The molecule has 0 fully saturated rings. The van der Waals surface area contributed by atoms with Gasteiger partial charge in [0, 0.05) is 6.04 Å². The molecule has 0 aromatic rings. The van der Waals surface area contributed by atoms with Crippen LogP contribution in [-0.4, -0.2) is 6.04 Å². The topological polar surface area (TPSA) is 12.0 Å². The lowest BCUT2D eigenvalue weighted by Crippen LogP contribution is -2.18. The molecule has 0 aromatic carbocycles. The van der Waals surface area contributed by atoms with E-state index in [0.717, 1.165) is 0 Å².